The lowest BCUT2D eigenvalue weighted by Gasteiger charge is -1.98. The van der Waals surface area contributed by atoms with Crippen LogP contribution in [0, 0.1) is 0 Å². The summed E-state index contributed by atoms with van der Waals surface area (Å²) in [4.78, 5) is 10.4. The number of allylic oxidation sites excluding steroid dienone is 2. The Bertz CT molecular complexity index is 161. The molecule has 0 amide bonds. The van der Waals surface area contributed by atoms with Crippen LogP contribution in [0.1, 0.15) is 46.0 Å². The molecular weight excluding hydrogens is 172 g/mol. The van der Waals surface area contributed by atoms with Gasteiger partial charge in [-0.15, -0.1) is 0 Å². The Labute approximate surface area is 79.8 Å². The molecule has 0 aromatic carbocycles. The van der Waals surface area contributed by atoms with Gasteiger partial charge in [-0.2, -0.15) is 0 Å². The lowest BCUT2D eigenvalue weighted by molar-refractivity contribution is -0.107. The predicted molar refractivity (Wildman–Crippen MR) is 53.4 cm³/mol. The molecule has 70 valence electrons. The molecule has 0 fully saturated rings. The summed E-state index contributed by atoms with van der Waals surface area (Å²) in [5, 5.41) is -0.358. The van der Waals surface area contributed by atoms with Gasteiger partial charge in [0.15, 0.2) is 0 Å². The summed E-state index contributed by atoms with van der Waals surface area (Å²) in [5.74, 6) is 0. The van der Waals surface area contributed by atoms with E-state index in [4.69, 9.17) is 11.6 Å². The van der Waals surface area contributed by atoms with Gasteiger partial charge in [0.1, 0.15) is 0 Å². The normalized spacial score (nSPS) is 11.8. The number of hydrogen-bond acceptors (Lipinski definition) is 1. The Balaban J connectivity index is 3.43. The van der Waals surface area contributed by atoms with Crippen molar-refractivity contribution in [3.8, 4) is 0 Å². The molecule has 0 aliphatic carbocycles. The van der Waals surface area contributed by atoms with Gasteiger partial charge in [-0.05, 0) is 37.4 Å². The van der Waals surface area contributed by atoms with E-state index < -0.39 is 0 Å². The standard InChI is InChI=1S/C10H17ClO/c1-3-4-5-6-7-9(2)8-10(11)12/h8H,3-7H2,1-2H3/b9-8+. The third kappa shape index (κ3) is 7.80. The lowest BCUT2D eigenvalue weighted by atomic mass is 10.1. The topological polar surface area (TPSA) is 17.1 Å². The van der Waals surface area contributed by atoms with Crippen LogP contribution < -0.4 is 0 Å². The van der Waals surface area contributed by atoms with Gasteiger partial charge in [-0.25, -0.2) is 0 Å². The van der Waals surface area contributed by atoms with Gasteiger partial charge in [-0.3, -0.25) is 4.79 Å². The number of unbranched alkanes of at least 4 members (excludes halogenated alkanes) is 3. The van der Waals surface area contributed by atoms with E-state index in [1.807, 2.05) is 6.92 Å². The molecule has 1 nitrogen and oxygen atoms in total. The fraction of sp³-hybridized carbons (Fsp3) is 0.700. The molecule has 0 spiro atoms. The first-order chi connectivity index (χ1) is 5.66. The van der Waals surface area contributed by atoms with Gasteiger partial charge >= 0.3 is 0 Å². The Kier molecular flexibility index (Phi) is 7.17. The van der Waals surface area contributed by atoms with Crippen LogP contribution in [0.2, 0.25) is 0 Å². The summed E-state index contributed by atoms with van der Waals surface area (Å²) < 4.78 is 0. The quantitative estimate of drug-likeness (QED) is 0.353. The first kappa shape index (κ1) is 11.7. The molecule has 12 heavy (non-hydrogen) atoms. The summed E-state index contributed by atoms with van der Waals surface area (Å²) in [7, 11) is 0. The highest BCUT2D eigenvalue weighted by molar-refractivity contribution is 6.66. The smallest absolute Gasteiger partial charge is 0.245 e. The van der Waals surface area contributed by atoms with Crippen molar-refractivity contribution in [3.63, 3.8) is 0 Å². The van der Waals surface area contributed by atoms with Crippen LogP contribution in [0.25, 0.3) is 0 Å². The number of halogens is 1. The van der Waals surface area contributed by atoms with Crippen LogP contribution in [0.4, 0.5) is 0 Å². The van der Waals surface area contributed by atoms with Crippen LogP contribution in [0.15, 0.2) is 11.6 Å². The van der Waals surface area contributed by atoms with Crippen molar-refractivity contribution in [2.24, 2.45) is 0 Å². The summed E-state index contributed by atoms with van der Waals surface area (Å²) in [5.41, 5.74) is 1.09. The Morgan fingerprint density at radius 1 is 1.33 bits per heavy atom. The molecule has 0 atom stereocenters. The number of rotatable bonds is 6. The molecule has 0 aromatic rings. The number of carbonyl (C=O) groups excluding carboxylic acids is 1. The maximum Gasteiger partial charge on any atom is 0.245 e. The number of carbonyl (C=O) groups is 1. The number of hydrogen-bond donors (Lipinski definition) is 0. The van der Waals surface area contributed by atoms with Crippen molar-refractivity contribution in [1.82, 2.24) is 0 Å². The van der Waals surface area contributed by atoms with Gasteiger partial charge in [-0.1, -0.05) is 31.8 Å². The van der Waals surface area contributed by atoms with Crippen LogP contribution in [0.3, 0.4) is 0 Å². The highest BCUT2D eigenvalue weighted by atomic mass is 35.5. The molecule has 0 radical (unpaired) electrons. The van der Waals surface area contributed by atoms with Crippen molar-refractivity contribution < 1.29 is 4.79 Å². The first-order valence-electron chi connectivity index (χ1n) is 4.53. The van der Waals surface area contributed by atoms with E-state index in [9.17, 15) is 4.79 Å². The molecule has 2 heteroatoms. The second kappa shape index (κ2) is 7.35. The van der Waals surface area contributed by atoms with Crippen molar-refractivity contribution in [3.05, 3.63) is 11.6 Å². The van der Waals surface area contributed by atoms with Crippen LogP contribution in [-0.2, 0) is 4.79 Å². The second-order valence-corrected chi connectivity index (χ2v) is 3.48. The van der Waals surface area contributed by atoms with E-state index in [-0.39, 0.29) is 5.24 Å². The average Bonchev–Trinajstić information content (AvgIpc) is 1.97. The second-order valence-electron chi connectivity index (χ2n) is 3.11. The zero-order valence-electron chi connectivity index (χ0n) is 7.90. The van der Waals surface area contributed by atoms with Gasteiger partial charge < -0.3 is 0 Å². The average molecular weight is 189 g/mol. The van der Waals surface area contributed by atoms with E-state index in [2.05, 4.69) is 6.92 Å². The van der Waals surface area contributed by atoms with Crippen molar-refractivity contribution in [2.45, 2.75) is 46.0 Å². The van der Waals surface area contributed by atoms with Crippen LogP contribution >= 0.6 is 11.6 Å². The van der Waals surface area contributed by atoms with Gasteiger partial charge in [0, 0.05) is 0 Å². The van der Waals surface area contributed by atoms with E-state index in [1.54, 1.807) is 0 Å². The molecule has 0 unspecified atom stereocenters. The third-order valence-corrected chi connectivity index (χ3v) is 1.89. The first-order valence-corrected chi connectivity index (χ1v) is 4.91. The zero-order valence-corrected chi connectivity index (χ0v) is 8.66. The lowest BCUT2D eigenvalue weighted by Crippen LogP contribution is -1.84. The van der Waals surface area contributed by atoms with Crippen molar-refractivity contribution in [1.29, 1.82) is 0 Å². The summed E-state index contributed by atoms with van der Waals surface area (Å²) in [6.45, 7) is 4.14. The summed E-state index contributed by atoms with van der Waals surface area (Å²) in [6.07, 6.45) is 7.45. The molecule has 0 aliphatic rings. The monoisotopic (exact) mass is 188 g/mol. The maximum absolute atomic E-state index is 10.4. The summed E-state index contributed by atoms with van der Waals surface area (Å²) >= 11 is 5.20. The van der Waals surface area contributed by atoms with E-state index in [1.165, 1.54) is 31.8 Å². The molecule has 0 saturated carbocycles. The van der Waals surface area contributed by atoms with Crippen molar-refractivity contribution >= 4 is 16.8 Å². The molecule has 0 rings (SSSR count). The minimum absolute atomic E-state index is 0.358. The Morgan fingerprint density at radius 2 is 2.00 bits per heavy atom. The molecular formula is C10H17ClO. The van der Waals surface area contributed by atoms with E-state index in [0.29, 0.717) is 0 Å². The van der Waals surface area contributed by atoms with Gasteiger partial charge in [0.2, 0.25) is 5.24 Å². The molecule has 0 aromatic heterocycles. The molecule has 0 bridgehead atoms. The van der Waals surface area contributed by atoms with E-state index in [0.717, 1.165) is 12.0 Å². The van der Waals surface area contributed by atoms with Crippen LogP contribution in [0.5, 0.6) is 0 Å². The SMILES string of the molecule is CCCCCC/C(C)=C/C(=O)Cl. The minimum atomic E-state index is -0.358. The largest absolute Gasteiger partial charge is 0.276 e. The van der Waals surface area contributed by atoms with Crippen molar-refractivity contribution in [2.75, 3.05) is 0 Å². The predicted octanol–water partition coefficient (Wildman–Crippen LogP) is 3.67. The summed E-state index contributed by atoms with van der Waals surface area (Å²) in [6, 6.07) is 0. The van der Waals surface area contributed by atoms with Gasteiger partial charge in [0.05, 0.1) is 0 Å². The Morgan fingerprint density at radius 3 is 2.50 bits per heavy atom. The fourth-order valence-electron chi connectivity index (χ4n) is 1.10. The highest BCUT2D eigenvalue weighted by Gasteiger charge is 1.93. The molecule has 0 heterocycles. The van der Waals surface area contributed by atoms with Crippen LogP contribution in [-0.4, -0.2) is 5.24 Å². The fourth-order valence-corrected chi connectivity index (χ4v) is 1.28. The Hall–Kier alpha value is -0.300. The van der Waals surface area contributed by atoms with E-state index >= 15 is 0 Å². The third-order valence-electron chi connectivity index (χ3n) is 1.78. The molecule has 0 aliphatic heterocycles. The molecule has 0 saturated heterocycles. The minimum Gasteiger partial charge on any atom is -0.276 e. The maximum atomic E-state index is 10.4. The van der Waals surface area contributed by atoms with Gasteiger partial charge in [0.25, 0.3) is 0 Å². The molecule has 0 N–H and O–H groups in total. The highest BCUT2D eigenvalue weighted by Crippen LogP contribution is 2.09. The zero-order chi connectivity index (χ0) is 9.40.